The first-order valence-corrected chi connectivity index (χ1v) is 6.00. The first-order chi connectivity index (χ1) is 8.19. The lowest BCUT2D eigenvalue weighted by atomic mass is 10.3. The number of aromatic nitrogens is 1. The van der Waals surface area contributed by atoms with Gasteiger partial charge in [0.05, 0.1) is 5.69 Å². The number of carbonyl (C=O) groups is 1. The SMILES string of the molecule is CCOCCCNC(=O)c1cc(N)cn1CC. The molecule has 96 valence electrons. The van der Waals surface area contributed by atoms with Crippen LogP contribution in [0.25, 0.3) is 0 Å². The van der Waals surface area contributed by atoms with Gasteiger partial charge in [0.1, 0.15) is 5.69 Å². The number of hydrogen-bond donors (Lipinski definition) is 2. The number of carbonyl (C=O) groups excluding carboxylic acids is 1. The first-order valence-electron chi connectivity index (χ1n) is 6.00. The monoisotopic (exact) mass is 239 g/mol. The van der Waals surface area contributed by atoms with E-state index in [-0.39, 0.29) is 5.91 Å². The maximum Gasteiger partial charge on any atom is 0.267 e. The van der Waals surface area contributed by atoms with Gasteiger partial charge >= 0.3 is 0 Å². The van der Waals surface area contributed by atoms with Crippen molar-refractivity contribution in [3.63, 3.8) is 0 Å². The Labute approximate surface area is 102 Å². The number of aryl methyl sites for hydroxylation is 1. The van der Waals surface area contributed by atoms with Gasteiger partial charge in [-0.25, -0.2) is 0 Å². The van der Waals surface area contributed by atoms with E-state index < -0.39 is 0 Å². The Morgan fingerprint density at radius 2 is 2.29 bits per heavy atom. The van der Waals surface area contributed by atoms with Crippen molar-refractivity contribution in [1.29, 1.82) is 0 Å². The highest BCUT2D eigenvalue weighted by Crippen LogP contribution is 2.10. The Hall–Kier alpha value is -1.49. The van der Waals surface area contributed by atoms with Gasteiger partial charge in [0.15, 0.2) is 0 Å². The third kappa shape index (κ3) is 4.11. The maximum absolute atomic E-state index is 11.8. The second-order valence-electron chi connectivity index (χ2n) is 3.75. The van der Waals surface area contributed by atoms with Gasteiger partial charge in [-0.3, -0.25) is 4.79 Å². The topological polar surface area (TPSA) is 69.3 Å². The molecular formula is C12H21N3O2. The summed E-state index contributed by atoms with van der Waals surface area (Å²) in [6.07, 6.45) is 2.59. The number of ether oxygens (including phenoxy) is 1. The summed E-state index contributed by atoms with van der Waals surface area (Å²) in [5.41, 5.74) is 6.90. The van der Waals surface area contributed by atoms with E-state index in [1.165, 1.54) is 0 Å². The molecule has 0 aliphatic carbocycles. The molecule has 0 bridgehead atoms. The van der Waals surface area contributed by atoms with Crippen molar-refractivity contribution in [2.75, 3.05) is 25.5 Å². The number of rotatable bonds is 7. The summed E-state index contributed by atoms with van der Waals surface area (Å²) in [7, 11) is 0. The number of nitrogens with one attached hydrogen (secondary N) is 1. The second kappa shape index (κ2) is 6.96. The quantitative estimate of drug-likeness (QED) is 0.703. The molecule has 17 heavy (non-hydrogen) atoms. The van der Waals surface area contributed by atoms with E-state index in [2.05, 4.69) is 5.32 Å². The number of nitrogens with zero attached hydrogens (tertiary/aromatic N) is 1. The molecule has 5 nitrogen and oxygen atoms in total. The van der Waals surface area contributed by atoms with Crippen molar-refractivity contribution in [2.45, 2.75) is 26.8 Å². The second-order valence-corrected chi connectivity index (χ2v) is 3.75. The zero-order valence-corrected chi connectivity index (χ0v) is 10.5. The predicted octanol–water partition coefficient (Wildman–Crippen LogP) is 1.25. The van der Waals surface area contributed by atoms with Crippen LogP contribution in [0.1, 0.15) is 30.8 Å². The summed E-state index contributed by atoms with van der Waals surface area (Å²) in [4.78, 5) is 11.8. The van der Waals surface area contributed by atoms with Gasteiger partial charge in [-0.2, -0.15) is 0 Å². The van der Waals surface area contributed by atoms with Crippen molar-refractivity contribution in [1.82, 2.24) is 9.88 Å². The molecular weight excluding hydrogens is 218 g/mol. The molecule has 1 aromatic rings. The van der Waals surface area contributed by atoms with Crippen molar-refractivity contribution in [3.05, 3.63) is 18.0 Å². The van der Waals surface area contributed by atoms with Crippen LogP contribution in [0.5, 0.6) is 0 Å². The largest absolute Gasteiger partial charge is 0.397 e. The van der Waals surface area contributed by atoms with E-state index in [9.17, 15) is 4.79 Å². The predicted molar refractivity (Wildman–Crippen MR) is 68.0 cm³/mol. The minimum atomic E-state index is -0.0833. The Morgan fingerprint density at radius 3 is 2.94 bits per heavy atom. The fraction of sp³-hybridized carbons (Fsp3) is 0.583. The third-order valence-corrected chi connectivity index (χ3v) is 2.45. The summed E-state index contributed by atoms with van der Waals surface area (Å²) >= 11 is 0. The van der Waals surface area contributed by atoms with Gasteiger partial charge in [0.2, 0.25) is 0 Å². The zero-order valence-electron chi connectivity index (χ0n) is 10.5. The molecule has 0 aromatic carbocycles. The minimum Gasteiger partial charge on any atom is -0.397 e. The summed E-state index contributed by atoms with van der Waals surface area (Å²) in [5, 5.41) is 2.85. The maximum atomic E-state index is 11.8. The normalized spacial score (nSPS) is 10.5. The van der Waals surface area contributed by atoms with Crippen LogP contribution in [0.4, 0.5) is 5.69 Å². The van der Waals surface area contributed by atoms with Crippen LogP contribution in [-0.2, 0) is 11.3 Å². The molecule has 1 heterocycles. The standard InChI is InChI=1S/C12H21N3O2/c1-3-15-9-10(13)8-11(15)12(16)14-6-5-7-17-4-2/h8-9H,3-7,13H2,1-2H3,(H,14,16). The molecule has 0 atom stereocenters. The third-order valence-electron chi connectivity index (χ3n) is 2.45. The lowest BCUT2D eigenvalue weighted by Gasteiger charge is -2.07. The van der Waals surface area contributed by atoms with Gasteiger partial charge in [-0.05, 0) is 26.3 Å². The van der Waals surface area contributed by atoms with Gasteiger partial charge in [0.25, 0.3) is 5.91 Å². The summed E-state index contributed by atoms with van der Waals surface area (Å²) in [5.74, 6) is -0.0833. The number of amides is 1. The molecule has 1 aromatic heterocycles. The van der Waals surface area contributed by atoms with Crippen LogP contribution >= 0.6 is 0 Å². The molecule has 0 saturated heterocycles. The highest BCUT2D eigenvalue weighted by atomic mass is 16.5. The highest BCUT2D eigenvalue weighted by Gasteiger charge is 2.10. The Bertz CT molecular complexity index is 361. The molecule has 0 unspecified atom stereocenters. The molecule has 0 fully saturated rings. The minimum absolute atomic E-state index is 0.0833. The number of hydrogen-bond acceptors (Lipinski definition) is 3. The lowest BCUT2D eigenvalue weighted by molar-refractivity contribution is 0.0935. The van der Waals surface area contributed by atoms with Gasteiger partial charge < -0.3 is 20.4 Å². The summed E-state index contributed by atoms with van der Waals surface area (Å²) in [6.45, 7) is 6.67. The van der Waals surface area contributed by atoms with Crippen LogP contribution in [0, 0.1) is 0 Å². The molecule has 3 N–H and O–H groups in total. The average molecular weight is 239 g/mol. The van der Waals surface area contributed by atoms with Crippen LogP contribution in [0.3, 0.4) is 0 Å². The number of nitrogen functional groups attached to an aromatic ring is 1. The molecule has 0 aliphatic heterocycles. The molecule has 1 amide bonds. The fourth-order valence-electron chi connectivity index (χ4n) is 1.60. The van der Waals surface area contributed by atoms with Crippen LogP contribution in [-0.4, -0.2) is 30.2 Å². The molecule has 5 heteroatoms. The van der Waals surface area contributed by atoms with Crippen molar-refractivity contribution in [2.24, 2.45) is 0 Å². The average Bonchev–Trinajstić information content (AvgIpc) is 2.70. The molecule has 0 radical (unpaired) electrons. The van der Waals surface area contributed by atoms with E-state index in [1.54, 1.807) is 12.3 Å². The van der Waals surface area contributed by atoms with Gasteiger partial charge in [0, 0.05) is 32.5 Å². The number of nitrogens with two attached hydrogens (primary N) is 1. The molecule has 0 spiro atoms. The summed E-state index contributed by atoms with van der Waals surface area (Å²) < 4.78 is 7.03. The Kier molecular flexibility index (Phi) is 5.56. The van der Waals surface area contributed by atoms with Crippen molar-refractivity contribution >= 4 is 11.6 Å². The smallest absolute Gasteiger partial charge is 0.267 e. The highest BCUT2D eigenvalue weighted by molar-refractivity contribution is 5.93. The molecule has 1 rings (SSSR count). The van der Waals surface area contributed by atoms with Crippen molar-refractivity contribution in [3.8, 4) is 0 Å². The van der Waals surface area contributed by atoms with E-state index in [4.69, 9.17) is 10.5 Å². The molecule has 0 saturated carbocycles. The van der Waals surface area contributed by atoms with E-state index in [0.29, 0.717) is 31.1 Å². The Morgan fingerprint density at radius 1 is 1.53 bits per heavy atom. The molecule has 0 aliphatic rings. The first kappa shape index (κ1) is 13.6. The zero-order chi connectivity index (χ0) is 12.7. The van der Waals surface area contributed by atoms with Crippen LogP contribution < -0.4 is 11.1 Å². The fourth-order valence-corrected chi connectivity index (χ4v) is 1.60. The Balaban J connectivity index is 2.41. The lowest BCUT2D eigenvalue weighted by Crippen LogP contribution is -2.27. The van der Waals surface area contributed by atoms with Crippen LogP contribution in [0.2, 0.25) is 0 Å². The number of anilines is 1. The summed E-state index contributed by atoms with van der Waals surface area (Å²) in [6, 6.07) is 1.70. The van der Waals surface area contributed by atoms with Crippen LogP contribution in [0.15, 0.2) is 12.3 Å². The van der Waals surface area contributed by atoms with E-state index in [0.717, 1.165) is 13.0 Å². The van der Waals surface area contributed by atoms with Gasteiger partial charge in [-0.1, -0.05) is 0 Å². The van der Waals surface area contributed by atoms with Gasteiger partial charge in [-0.15, -0.1) is 0 Å². The van der Waals surface area contributed by atoms with E-state index >= 15 is 0 Å². The van der Waals surface area contributed by atoms with E-state index in [1.807, 2.05) is 18.4 Å². The van der Waals surface area contributed by atoms with Crippen molar-refractivity contribution < 1.29 is 9.53 Å².